The van der Waals surface area contributed by atoms with Crippen LogP contribution < -0.4 is 5.32 Å². The Hall–Kier alpha value is -0.870. The number of imidazole rings is 1. The molecule has 1 rings (SSSR count). The van der Waals surface area contributed by atoms with E-state index in [1.54, 1.807) is 0 Å². The molecule has 0 saturated carbocycles. The van der Waals surface area contributed by atoms with Crippen LogP contribution in [-0.4, -0.2) is 39.6 Å². The minimum absolute atomic E-state index is 0.0811. The summed E-state index contributed by atoms with van der Waals surface area (Å²) in [6, 6.07) is 0.257. The summed E-state index contributed by atoms with van der Waals surface area (Å²) < 4.78 is 2.25. The zero-order valence-electron chi connectivity index (χ0n) is 14.1. The van der Waals surface area contributed by atoms with Gasteiger partial charge in [0.25, 0.3) is 0 Å². The molecule has 1 heterocycles. The number of nitrogens with zero attached hydrogens (tertiary/aromatic N) is 3. The highest BCUT2D eigenvalue weighted by atomic mass is 15.2. The molecule has 0 radical (unpaired) electrons. The maximum atomic E-state index is 4.64. The summed E-state index contributed by atoms with van der Waals surface area (Å²) in [4.78, 5) is 7.20. The van der Waals surface area contributed by atoms with Crippen LogP contribution in [0.15, 0.2) is 12.4 Å². The smallest absolute Gasteiger partial charge is 0.127 e. The van der Waals surface area contributed by atoms with Crippen molar-refractivity contribution >= 4 is 0 Å². The van der Waals surface area contributed by atoms with Crippen molar-refractivity contribution in [2.75, 3.05) is 19.6 Å². The first-order valence-electron chi connectivity index (χ1n) is 8.08. The van der Waals surface area contributed by atoms with E-state index in [1.807, 2.05) is 6.20 Å². The van der Waals surface area contributed by atoms with Crippen molar-refractivity contribution in [2.24, 2.45) is 0 Å². The van der Waals surface area contributed by atoms with E-state index in [9.17, 15) is 0 Å². The monoisotopic (exact) mass is 280 g/mol. The standard InChI is InChI=1S/C16H32N4/c1-7-16(6,20(10-4)11-5)14(17-8-2)15-18-12-13-19(15)9-3/h12-14,17H,7-11H2,1-6H3. The quantitative estimate of drug-likeness (QED) is 0.754. The van der Waals surface area contributed by atoms with Gasteiger partial charge in [0.2, 0.25) is 0 Å². The van der Waals surface area contributed by atoms with Crippen LogP contribution in [0.1, 0.15) is 59.8 Å². The average Bonchev–Trinajstić information content (AvgIpc) is 2.93. The number of aromatic nitrogens is 2. The zero-order chi connectivity index (χ0) is 15.2. The number of nitrogens with one attached hydrogen (secondary N) is 1. The summed E-state index contributed by atoms with van der Waals surface area (Å²) >= 11 is 0. The Morgan fingerprint density at radius 2 is 1.90 bits per heavy atom. The maximum Gasteiger partial charge on any atom is 0.127 e. The molecule has 0 aromatic carbocycles. The van der Waals surface area contributed by atoms with E-state index in [-0.39, 0.29) is 11.6 Å². The summed E-state index contributed by atoms with van der Waals surface area (Å²) in [6.07, 6.45) is 5.10. The molecule has 20 heavy (non-hydrogen) atoms. The Bertz CT molecular complexity index is 384. The number of aryl methyl sites for hydroxylation is 1. The summed E-state index contributed by atoms with van der Waals surface area (Å²) in [7, 11) is 0. The molecule has 0 aliphatic carbocycles. The lowest BCUT2D eigenvalue weighted by molar-refractivity contribution is 0.0658. The zero-order valence-corrected chi connectivity index (χ0v) is 14.1. The van der Waals surface area contributed by atoms with Crippen molar-refractivity contribution in [3.05, 3.63) is 18.2 Å². The van der Waals surface area contributed by atoms with Gasteiger partial charge in [0, 0.05) is 24.5 Å². The fourth-order valence-electron chi connectivity index (χ4n) is 3.20. The van der Waals surface area contributed by atoms with Crippen LogP contribution in [0.3, 0.4) is 0 Å². The third-order valence-corrected chi connectivity index (χ3v) is 4.58. The van der Waals surface area contributed by atoms with E-state index in [0.29, 0.717) is 0 Å². The lowest BCUT2D eigenvalue weighted by Crippen LogP contribution is -2.55. The van der Waals surface area contributed by atoms with Crippen molar-refractivity contribution in [1.82, 2.24) is 19.8 Å². The first-order chi connectivity index (χ1) is 9.58. The van der Waals surface area contributed by atoms with Crippen LogP contribution in [0.25, 0.3) is 0 Å². The molecular formula is C16H32N4. The molecule has 4 nitrogen and oxygen atoms in total. The highest BCUT2D eigenvalue weighted by Crippen LogP contribution is 2.33. The summed E-state index contributed by atoms with van der Waals surface area (Å²) in [5.74, 6) is 1.16. The van der Waals surface area contributed by atoms with Gasteiger partial charge in [-0.2, -0.15) is 0 Å². The van der Waals surface area contributed by atoms with Gasteiger partial charge in [-0.1, -0.05) is 27.7 Å². The molecule has 0 aliphatic heterocycles. The molecule has 1 aromatic heterocycles. The van der Waals surface area contributed by atoms with E-state index in [1.165, 1.54) is 0 Å². The van der Waals surface area contributed by atoms with Crippen LogP contribution in [-0.2, 0) is 6.54 Å². The Morgan fingerprint density at radius 3 is 2.35 bits per heavy atom. The van der Waals surface area contributed by atoms with Crippen molar-refractivity contribution in [3.8, 4) is 0 Å². The van der Waals surface area contributed by atoms with Crippen LogP contribution >= 0.6 is 0 Å². The highest BCUT2D eigenvalue weighted by Gasteiger charge is 2.39. The second-order valence-corrected chi connectivity index (χ2v) is 5.45. The normalized spacial score (nSPS) is 16.4. The van der Waals surface area contributed by atoms with Gasteiger partial charge in [-0.25, -0.2) is 4.98 Å². The molecule has 4 heteroatoms. The third kappa shape index (κ3) is 3.23. The van der Waals surface area contributed by atoms with Gasteiger partial charge >= 0.3 is 0 Å². The van der Waals surface area contributed by atoms with Gasteiger partial charge in [-0.3, -0.25) is 4.90 Å². The largest absolute Gasteiger partial charge is 0.334 e. The molecule has 1 aromatic rings. The molecule has 2 unspecified atom stereocenters. The number of hydrogen-bond acceptors (Lipinski definition) is 3. The van der Waals surface area contributed by atoms with Gasteiger partial charge in [0.15, 0.2) is 0 Å². The van der Waals surface area contributed by atoms with Crippen LogP contribution in [0.5, 0.6) is 0 Å². The fourth-order valence-corrected chi connectivity index (χ4v) is 3.20. The molecule has 0 aliphatic rings. The molecule has 2 atom stereocenters. The van der Waals surface area contributed by atoms with Crippen LogP contribution in [0.2, 0.25) is 0 Å². The Labute approximate surface area is 124 Å². The van der Waals surface area contributed by atoms with Crippen molar-refractivity contribution in [3.63, 3.8) is 0 Å². The number of rotatable bonds is 9. The van der Waals surface area contributed by atoms with E-state index < -0.39 is 0 Å². The molecule has 0 bridgehead atoms. The summed E-state index contributed by atoms with van der Waals surface area (Å²) in [5.41, 5.74) is 0.0811. The topological polar surface area (TPSA) is 33.1 Å². The molecule has 0 amide bonds. The third-order valence-electron chi connectivity index (χ3n) is 4.58. The summed E-state index contributed by atoms with van der Waals surface area (Å²) in [5, 5.41) is 3.68. The molecule has 0 fully saturated rings. The van der Waals surface area contributed by atoms with Gasteiger partial charge in [0.05, 0.1) is 6.04 Å². The second kappa shape index (κ2) is 7.79. The minimum Gasteiger partial charge on any atom is -0.334 e. The molecule has 0 spiro atoms. The van der Waals surface area contributed by atoms with Gasteiger partial charge in [-0.05, 0) is 39.9 Å². The van der Waals surface area contributed by atoms with Crippen molar-refractivity contribution in [2.45, 2.75) is 66.1 Å². The van der Waals surface area contributed by atoms with Gasteiger partial charge in [-0.15, -0.1) is 0 Å². The van der Waals surface area contributed by atoms with Gasteiger partial charge < -0.3 is 9.88 Å². The first kappa shape index (κ1) is 17.2. The highest BCUT2D eigenvalue weighted by molar-refractivity contribution is 5.09. The molecular weight excluding hydrogens is 248 g/mol. The lowest BCUT2D eigenvalue weighted by atomic mass is 9.86. The Kier molecular flexibility index (Phi) is 6.69. The second-order valence-electron chi connectivity index (χ2n) is 5.45. The van der Waals surface area contributed by atoms with Gasteiger partial charge in [0.1, 0.15) is 5.82 Å². The first-order valence-corrected chi connectivity index (χ1v) is 8.08. The predicted octanol–water partition coefficient (Wildman–Crippen LogP) is 3.06. The molecule has 1 N–H and O–H groups in total. The SMILES string of the molecule is CCNC(c1nccn1CC)C(C)(CC)N(CC)CC. The van der Waals surface area contributed by atoms with E-state index in [4.69, 9.17) is 0 Å². The van der Waals surface area contributed by atoms with Crippen LogP contribution in [0, 0.1) is 0 Å². The average molecular weight is 280 g/mol. The Morgan fingerprint density at radius 1 is 1.25 bits per heavy atom. The molecule has 116 valence electrons. The van der Waals surface area contributed by atoms with E-state index >= 15 is 0 Å². The Balaban J connectivity index is 3.22. The van der Waals surface area contributed by atoms with Crippen molar-refractivity contribution < 1.29 is 0 Å². The van der Waals surface area contributed by atoms with Crippen LogP contribution in [0.4, 0.5) is 0 Å². The fraction of sp³-hybridized carbons (Fsp3) is 0.812. The number of hydrogen-bond donors (Lipinski definition) is 1. The van der Waals surface area contributed by atoms with E-state index in [0.717, 1.165) is 38.4 Å². The van der Waals surface area contributed by atoms with E-state index in [2.05, 4.69) is 67.5 Å². The van der Waals surface area contributed by atoms with Crippen molar-refractivity contribution in [1.29, 1.82) is 0 Å². The number of likely N-dealkylation sites (N-methyl/N-ethyl adjacent to an activating group) is 2. The predicted molar refractivity (Wildman–Crippen MR) is 85.9 cm³/mol. The minimum atomic E-state index is 0.0811. The maximum absolute atomic E-state index is 4.64. The summed E-state index contributed by atoms with van der Waals surface area (Å²) in [6.45, 7) is 17.5. The lowest BCUT2D eigenvalue weighted by Gasteiger charge is -2.45. The molecule has 0 saturated heterocycles.